The van der Waals surface area contributed by atoms with Gasteiger partial charge in [0, 0.05) is 31.8 Å². The molecule has 126 valence electrons. The fraction of sp³-hybridized carbons (Fsp3) is 0.467. The van der Waals surface area contributed by atoms with Crippen molar-refractivity contribution in [2.45, 2.75) is 19.0 Å². The van der Waals surface area contributed by atoms with Crippen molar-refractivity contribution < 1.29 is 22.8 Å². The Balaban J connectivity index is 1.68. The fourth-order valence-corrected chi connectivity index (χ4v) is 3.01. The highest BCUT2D eigenvalue weighted by atomic mass is 32.2. The molecule has 1 aromatic rings. The molecule has 0 saturated carbocycles. The Bertz CT molecular complexity index is 561. The number of nitrogens with one attached hydrogen (secondary N) is 1. The Morgan fingerprint density at radius 3 is 2.52 bits per heavy atom. The minimum atomic E-state index is -4.34. The van der Waals surface area contributed by atoms with E-state index in [-0.39, 0.29) is 17.6 Å². The van der Waals surface area contributed by atoms with Gasteiger partial charge in [0.25, 0.3) is 5.24 Å². The first-order chi connectivity index (χ1) is 10.9. The Morgan fingerprint density at radius 1 is 1.26 bits per heavy atom. The van der Waals surface area contributed by atoms with E-state index in [1.807, 2.05) is 0 Å². The topological polar surface area (TPSA) is 49.4 Å². The summed E-state index contributed by atoms with van der Waals surface area (Å²) in [6, 6.07) is 4.89. The molecule has 0 radical (unpaired) electrons. The lowest BCUT2D eigenvalue weighted by molar-refractivity contribution is -0.137. The normalized spacial score (nSPS) is 15.1. The van der Waals surface area contributed by atoms with Gasteiger partial charge in [-0.05, 0) is 24.1 Å². The van der Waals surface area contributed by atoms with Crippen LogP contribution in [0.15, 0.2) is 24.3 Å². The van der Waals surface area contributed by atoms with Crippen LogP contribution in [0.4, 0.5) is 18.0 Å². The third-order valence-corrected chi connectivity index (χ3v) is 4.36. The third kappa shape index (κ3) is 5.46. The van der Waals surface area contributed by atoms with Gasteiger partial charge in [-0.15, -0.1) is 0 Å². The number of benzene rings is 1. The van der Waals surface area contributed by atoms with Crippen LogP contribution in [0.25, 0.3) is 0 Å². The highest BCUT2D eigenvalue weighted by molar-refractivity contribution is 8.13. The number of alkyl halides is 3. The first kappa shape index (κ1) is 17.7. The number of hydrogen-bond donors (Lipinski definition) is 1. The molecule has 1 aliphatic heterocycles. The summed E-state index contributed by atoms with van der Waals surface area (Å²) in [6.45, 7) is 1.42. The Kier molecular flexibility index (Phi) is 5.92. The summed E-state index contributed by atoms with van der Waals surface area (Å²) in [4.78, 5) is 24.7. The molecule has 2 amide bonds. The number of nitrogens with zero attached hydrogens (tertiary/aromatic N) is 1. The van der Waals surface area contributed by atoms with Crippen LogP contribution >= 0.6 is 11.8 Å². The molecule has 0 spiro atoms. The molecule has 1 aliphatic rings. The van der Waals surface area contributed by atoms with E-state index in [2.05, 4.69) is 5.32 Å². The van der Waals surface area contributed by atoms with Gasteiger partial charge >= 0.3 is 6.18 Å². The van der Waals surface area contributed by atoms with E-state index >= 15 is 0 Å². The number of hydrogen-bond acceptors (Lipinski definition) is 3. The maximum Gasteiger partial charge on any atom is 0.416 e. The van der Waals surface area contributed by atoms with Gasteiger partial charge in [-0.2, -0.15) is 13.2 Å². The Morgan fingerprint density at radius 2 is 1.96 bits per heavy atom. The van der Waals surface area contributed by atoms with Gasteiger partial charge < -0.3 is 10.2 Å². The van der Waals surface area contributed by atoms with Crippen LogP contribution in [0, 0.1) is 0 Å². The van der Waals surface area contributed by atoms with E-state index in [0.29, 0.717) is 26.1 Å². The third-order valence-electron chi connectivity index (χ3n) is 3.47. The van der Waals surface area contributed by atoms with Crippen molar-refractivity contribution in [2.75, 3.05) is 25.4 Å². The smallest absolute Gasteiger partial charge is 0.356 e. The van der Waals surface area contributed by atoms with Crippen LogP contribution in [-0.4, -0.2) is 41.4 Å². The van der Waals surface area contributed by atoms with E-state index in [1.54, 1.807) is 4.90 Å². The second-order valence-electron chi connectivity index (χ2n) is 5.15. The average molecular weight is 346 g/mol. The SMILES string of the molecule is O=C(CCN1CCSC1=O)NCCc1ccc(C(F)(F)F)cc1. The molecule has 0 aliphatic carbocycles. The van der Waals surface area contributed by atoms with Crippen molar-refractivity contribution >= 4 is 22.9 Å². The highest BCUT2D eigenvalue weighted by Crippen LogP contribution is 2.29. The number of halogens is 3. The van der Waals surface area contributed by atoms with Gasteiger partial charge in [0.05, 0.1) is 5.56 Å². The van der Waals surface area contributed by atoms with Crippen LogP contribution in [0.1, 0.15) is 17.5 Å². The molecular weight excluding hydrogens is 329 g/mol. The van der Waals surface area contributed by atoms with Gasteiger partial charge in [-0.3, -0.25) is 9.59 Å². The number of amides is 2. The minimum Gasteiger partial charge on any atom is -0.356 e. The van der Waals surface area contributed by atoms with Crippen molar-refractivity contribution in [3.8, 4) is 0 Å². The molecule has 1 saturated heterocycles. The molecule has 0 bridgehead atoms. The second-order valence-corrected chi connectivity index (χ2v) is 6.19. The van der Waals surface area contributed by atoms with Gasteiger partial charge in [-0.25, -0.2) is 0 Å². The van der Waals surface area contributed by atoms with E-state index < -0.39 is 11.7 Å². The van der Waals surface area contributed by atoms with Gasteiger partial charge in [0.15, 0.2) is 0 Å². The average Bonchev–Trinajstić information content (AvgIpc) is 2.90. The molecule has 2 rings (SSSR count). The molecule has 4 nitrogen and oxygen atoms in total. The van der Waals surface area contributed by atoms with Crippen LogP contribution in [0.5, 0.6) is 0 Å². The first-order valence-electron chi connectivity index (χ1n) is 7.21. The number of thioether (sulfide) groups is 1. The molecule has 0 atom stereocenters. The molecule has 8 heteroatoms. The quantitative estimate of drug-likeness (QED) is 0.862. The lowest BCUT2D eigenvalue weighted by Gasteiger charge is -2.14. The minimum absolute atomic E-state index is 0.00237. The van der Waals surface area contributed by atoms with E-state index in [0.717, 1.165) is 23.4 Å². The first-order valence-corrected chi connectivity index (χ1v) is 8.19. The predicted molar refractivity (Wildman–Crippen MR) is 82.2 cm³/mol. The maximum atomic E-state index is 12.4. The zero-order valence-electron chi connectivity index (χ0n) is 12.4. The molecule has 0 aromatic heterocycles. The summed E-state index contributed by atoms with van der Waals surface area (Å²) in [5.74, 6) is 0.593. The zero-order chi connectivity index (χ0) is 16.9. The molecular formula is C15H17F3N2O2S. The summed E-state index contributed by atoms with van der Waals surface area (Å²) < 4.78 is 37.3. The van der Waals surface area contributed by atoms with Crippen LogP contribution in [-0.2, 0) is 17.4 Å². The van der Waals surface area contributed by atoms with E-state index in [1.165, 1.54) is 23.9 Å². The summed E-state index contributed by atoms with van der Waals surface area (Å²) in [5, 5.41) is 2.71. The number of carbonyl (C=O) groups excluding carboxylic acids is 2. The highest BCUT2D eigenvalue weighted by Gasteiger charge is 2.29. The molecule has 1 N–H and O–H groups in total. The zero-order valence-corrected chi connectivity index (χ0v) is 13.2. The van der Waals surface area contributed by atoms with Crippen molar-refractivity contribution in [3.05, 3.63) is 35.4 Å². The molecule has 23 heavy (non-hydrogen) atoms. The van der Waals surface area contributed by atoms with Crippen LogP contribution in [0.3, 0.4) is 0 Å². The van der Waals surface area contributed by atoms with Gasteiger partial charge in [0.1, 0.15) is 0 Å². The van der Waals surface area contributed by atoms with E-state index in [4.69, 9.17) is 0 Å². The largest absolute Gasteiger partial charge is 0.416 e. The monoisotopic (exact) mass is 346 g/mol. The van der Waals surface area contributed by atoms with Crippen LogP contribution in [0.2, 0.25) is 0 Å². The molecule has 1 fully saturated rings. The molecule has 1 heterocycles. The summed E-state index contributed by atoms with van der Waals surface area (Å²) >= 11 is 1.25. The summed E-state index contributed by atoms with van der Waals surface area (Å²) in [7, 11) is 0. The van der Waals surface area contributed by atoms with Crippen LogP contribution < -0.4 is 5.32 Å². The second kappa shape index (κ2) is 7.72. The fourth-order valence-electron chi connectivity index (χ4n) is 2.16. The Hall–Kier alpha value is -1.70. The predicted octanol–water partition coefficient (Wildman–Crippen LogP) is 2.92. The van der Waals surface area contributed by atoms with Gasteiger partial charge in [-0.1, -0.05) is 23.9 Å². The number of carbonyl (C=O) groups is 2. The van der Waals surface area contributed by atoms with Gasteiger partial charge in [0.2, 0.25) is 5.91 Å². The van der Waals surface area contributed by atoms with E-state index in [9.17, 15) is 22.8 Å². The lowest BCUT2D eigenvalue weighted by Crippen LogP contribution is -2.31. The lowest BCUT2D eigenvalue weighted by atomic mass is 10.1. The van der Waals surface area contributed by atoms with Crippen molar-refractivity contribution in [3.63, 3.8) is 0 Å². The maximum absolute atomic E-state index is 12.4. The summed E-state index contributed by atoms with van der Waals surface area (Å²) in [5.41, 5.74) is 0.0443. The summed E-state index contributed by atoms with van der Waals surface area (Å²) in [6.07, 6.45) is -3.64. The number of rotatable bonds is 6. The van der Waals surface area contributed by atoms with Crippen molar-refractivity contribution in [1.29, 1.82) is 0 Å². The van der Waals surface area contributed by atoms with Crippen molar-refractivity contribution in [2.24, 2.45) is 0 Å². The Labute approximate surface area is 136 Å². The van der Waals surface area contributed by atoms with Crippen molar-refractivity contribution in [1.82, 2.24) is 10.2 Å². The standard InChI is InChI=1S/C15H17F3N2O2S/c16-15(17,18)12-3-1-11(2-4-12)5-7-19-13(21)6-8-20-9-10-23-14(20)22/h1-4H,5-10H2,(H,19,21). The molecule has 0 unspecified atom stereocenters. The molecule has 1 aromatic carbocycles.